The Hall–Kier alpha value is -1.69. The molecule has 1 aliphatic heterocycles. The number of phenolic OH excluding ortho intramolecular Hbond substituents is 1. The Morgan fingerprint density at radius 2 is 1.96 bits per heavy atom. The predicted molar refractivity (Wildman–Crippen MR) is 91.8 cm³/mol. The molecule has 1 heterocycles. The Labute approximate surface area is 150 Å². The minimum absolute atomic E-state index is 0.0253. The average Bonchev–Trinajstić information content (AvgIpc) is 2.85. The van der Waals surface area contributed by atoms with E-state index in [4.69, 9.17) is 32.7 Å². The smallest absolute Gasteiger partial charge is 0.233 e. The lowest BCUT2D eigenvalue weighted by atomic mass is 10.1. The van der Waals surface area contributed by atoms with E-state index in [1.54, 1.807) is 24.3 Å². The lowest BCUT2D eigenvalue weighted by molar-refractivity contribution is 0.101. The second-order valence-electron chi connectivity index (χ2n) is 4.73. The molecule has 7 heteroatoms. The van der Waals surface area contributed by atoms with Crippen molar-refractivity contribution in [1.29, 1.82) is 0 Å². The summed E-state index contributed by atoms with van der Waals surface area (Å²) in [4.78, 5) is 12.5. The molecule has 2 aromatic carbocycles. The van der Waals surface area contributed by atoms with Crippen LogP contribution in [0.25, 0.3) is 6.08 Å². The lowest BCUT2D eigenvalue weighted by Crippen LogP contribution is -1.98. The molecular weight excluding hydrogens is 407 g/mol. The van der Waals surface area contributed by atoms with Crippen molar-refractivity contribution in [2.75, 3.05) is 7.11 Å². The number of carbonyl (C=O) groups is 1. The fraction of sp³-hybridized carbons (Fsp3) is 0.0625. The van der Waals surface area contributed by atoms with Crippen molar-refractivity contribution in [2.24, 2.45) is 0 Å². The molecule has 0 fully saturated rings. The number of rotatable bonds is 2. The monoisotopic (exact) mass is 414 g/mol. The third-order valence-electron chi connectivity index (χ3n) is 3.29. The summed E-state index contributed by atoms with van der Waals surface area (Å²) in [5, 5.41) is 10.4. The van der Waals surface area contributed by atoms with Gasteiger partial charge < -0.3 is 14.6 Å². The number of allylic oxidation sites excluding steroid dienone is 1. The average molecular weight is 416 g/mol. The van der Waals surface area contributed by atoms with Gasteiger partial charge in [0.05, 0.1) is 27.2 Å². The zero-order chi connectivity index (χ0) is 16.7. The number of aromatic hydroxyl groups is 1. The van der Waals surface area contributed by atoms with Crippen molar-refractivity contribution in [3.8, 4) is 17.2 Å². The van der Waals surface area contributed by atoms with Crippen LogP contribution >= 0.6 is 39.1 Å². The van der Waals surface area contributed by atoms with Gasteiger partial charge in [0.2, 0.25) is 5.78 Å². The molecule has 3 rings (SSSR count). The summed E-state index contributed by atoms with van der Waals surface area (Å²) in [6, 6.07) is 6.33. The van der Waals surface area contributed by atoms with Gasteiger partial charge in [-0.1, -0.05) is 23.2 Å². The highest BCUT2D eigenvalue weighted by Crippen LogP contribution is 2.42. The Kier molecular flexibility index (Phi) is 4.27. The fourth-order valence-electron chi connectivity index (χ4n) is 2.20. The van der Waals surface area contributed by atoms with Gasteiger partial charge in [0.1, 0.15) is 0 Å². The molecule has 23 heavy (non-hydrogen) atoms. The van der Waals surface area contributed by atoms with Gasteiger partial charge in [-0.25, -0.2) is 0 Å². The summed E-state index contributed by atoms with van der Waals surface area (Å²) in [6.45, 7) is 0. The third-order valence-corrected chi connectivity index (χ3v) is 4.51. The molecule has 4 nitrogen and oxygen atoms in total. The first-order valence-electron chi connectivity index (χ1n) is 6.41. The van der Waals surface area contributed by atoms with Crippen LogP contribution in [0.4, 0.5) is 0 Å². The van der Waals surface area contributed by atoms with E-state index in [2.05, 4.69) is 15.9 Å². The van der Waals surface area contributed by atoms with Crippen LogP contribution in [0.15, 0.2) is 34.5 Å². The minimum atomic E-state index is -0.351. The van der Waals surface area contributed by atoms with E-state index >= 15 is 0 Å². The quantitative estimate of drug-likeness (QED) is 0.694. The van der Waals surface area contributed by atoms with Crippen LogP contribution in [0.1, 0.15) is 15.9 Å². The minimum Gasteiger partial charge on any atom is -0.503 e. The number of carbonyl (C=O) groups excluding carboxylic acids is 1. The Balaban J connectivity index is 2.07. The topological polar surface area (TPSA) is 55.8 Å². The highest BCUT2D eigenvalue weighted by Gasteiger charge is 2.32. The Morgan fingerprint density at radius 1 is 1.26 bits per heavy atom. The number of ketones is 1. The largest absolute Gasteiger partial charge is 0.503 e. The summed E-state index contributed by atoms with van der Waals surface area (Å²) in [6.07, 6.45) is 1.53. The zero-order valence-corrected chi connectivity index (χ0v) is 14.8. The van der Waals surface area contributed by atoms with E-state index in [1.165, 1.54) is 13.2 Å². The molecule has 1 N–H and O–H groups in total. The van der Waals surface area contributed by atoms with E-state index in [9.17, 15) is 9.90 Å². The molecule has 0 unspecified atom stereocenters. The van der Waals surface area contributed by atoms with E-state index in [-0.39, 0.29) is 39.4 Å². The van der Waals surface area contributed by atoms with Gasteiger partial charge in [-0.15, -0.1) is 0 Å². The number of hydrogen-bond acceptors (Lipinski definition) is 4. The molecule has 0 atom stereocenters. The molecule has 0 spiro atoms. The van der Waals surface area contributed by atoms with Gasteiger partial charge in [0.15, 0.2) is 23.0 Å². The first-order valence-corrected chi connectivity index (χ1v) is 7.96. The molecule has 2 aromatic rings. The van der Waals surface area contributed by atoms with Gasteiger partial charge in [0.25, 0.3) is 0 Å². The van der Waals surface area contributed by atoms with Gasteiger partial charge in [0, 0.05) is 0 Å². The summed E-state index contributed by atoms with van der Waals surface area (Å²) >= 11 is 15.3. The van der Waals surface area contributed by atoms with Crippen LogP contribution in [0.3, 0.4) is 0 Å². The first kappa shape index (κ1) is 16.2. The summed E-state index contributed by atoms with van der Waals surface area (Å²) < 4.78 is 11.1. The normalized spacial score (nSPS) is 14.8. The number of phenols is 1. The molecule has 0 saturated heterocycles. The van der Waals surface area contributed by atoms with E-state index in [0.717, 1.165) is 0 Å². The van der Waals surface area contributed by atoms with Crippen LogP contribution in [0.5, 0.6) is 17.2 Å². The van der Waals surface area contributed by atoms with Crippen LogP contribution in [-0.4, -0.2) is 18.0 Å². The van der Waals surface area contributed by atoms with Crippen LogP contribution < -0.4 is 9.47 Å². The molecule has 0 radical (unpaired) electrons. The third kappa shape index (κ3) is 2.80. The summed E-state index contributed by atoms with van der Waals surface area (Å²) in [5.74, 6) is 0.235. The molecule has 118 valence electrons. The maximum atomic E-state index is 12.5. The van der Waals surface area contributed by atoms with E-state index in [1.807, 2.05) is 0 Å². The fourth-order valence-corrected chi connectivity index (χ4v) is 3.09. The van der Waals surface area contributed by atoms with Gasteiger partial charge in [-0.3, -0.25) is 4.79 Å². The summed E-state index contributed by atoms with van der Waals surface area (Å²) in [7, 11) is 1.44. The van der Waals surface area contributed by atoms with Crippen molar-refractivity contribution >= 4 is 51.0 Å². The second-order valence-corrected chi connectivity index (χ2v) is 6.40. The van der Waals surface area contributed by atoms with Crippen molar-refractivity contribution in [2.45, 2.75) is 0 Å². The van der Waals surface area contributed by atoms with Crippen molar-refractivity contribution in [1.82, 2.24) is 0 Å². The van der Waals surface area contributed by atoms with E-state index in [0.29, 0.717) is 15.1 Å². The Bertz CT molecular complexity index is 862. The standard InChI is InChI=1S/C16H9BrCl2O4/c1-22-11-5-7(4-8(17)14(11)20)6-12-15(21)13-9(18)2-3-10(19)16(13)23-12/h2-6,20H,1H3/b12-6-. The lowest BCUT2D eigenvalue weighted by Gasteiger charge is -2.07. The van der Waals surface area contributed by atoms with Gasteiger partial charge in [-0.2, -0.15) is 0 Å². The highest BCUT2D eigenvalue weighted by molar-refractivity contribution is 9.10. The number of Topliss-reactive ketones (excluding diaryl/α,β-unsaturated/α-hetero) is 1. The second kappa shape index (κ2) is 6.07. The number of halogens is 3. The molecule has 1 aliphatic rings. The predicted octanol–water partition coefficient (Wildman–Crippen LogP) is 5.09. The zero-order valence-electron chi connectivity index (χ0n) is 11.7. The van der Waals surface area contributed by atoms with Crippen molar-refractivity contribution < 1.29 is 19.4 Å². The molecule has 0 aromatic heterocycles. The van der Waals surface area contributed by atoms with Crippen molar-refractivity contribution in [3.05, 3.63) is 55.7 Å². The number of fused-ring (bicyclic) bond motifs is 1. The number of hydrogen-bond donors (Lipinski definition) is 1. The maximum Gasteiger partial charge on any atom is 0.233 e. The number of ether oxygens (including phenoxy) is 2. The molecule has 0 aliphatic carbocycles. The number of methoxy groups -OCH3 is 1. The van der Waals surface area contributed by atoms with Crippen LogP contribution in [0.2, 0.25) is 10.0 Å². The van der Waals surface area contributed by atoms with Gasteiger partial charge >= 0.3 is 0 Å². The molecule has 0 saturated carbocycles. The molecule has 0 bridgehead atoms. The first-order chi connectivity index (χ1) is 10.9. The van der Waals surface area contributed by atoms with E-state index < -0.39 is 0 Å². The summed E-state index contributed by atoms with van der Waals surface area (Å²) in [5.41, 5.74) is 0.852. The molecular formula is C16H9BrCl2O4. The number of benzene rings is 2. The Morgan fingerprint density at radius 3 is 2.61 bits per heavy atom. The van der Waals surface area contributed by atoms with Crippen LogP contribution in [0, 0.1) is 0 Å². The molecule has 0 amide bonds. The van der Waals surface area contributed by atoms with Gasteiger partial charge in [-0.05, 0) is 51.8 Å². The maximum absolute atomic E-state index is 12.5. The van der Waals surface area contributed by atoms with Crippen molar-refractivity contribution in [3.63, 3.8) is 0 Å². The highest BCUT2D eigenvalue weighted by atomic mass is 79.9. The SMILES string of the molecule is COc1cc(/C=C2\Oc3c(Cl)ccc(Cl)c3C2=O)cc(Br)c1O. The van der Waals surface area contributed by atoms with Crippen LogP contribution in [-0.2, 0) is 0 Å².